The zero-order valence-electron chi connectivity index (χ0n) is 15.8. The second-order valence-electron chi connectivity index (χ2n) is 7.09. The summed E-state index contributed by atoms with van der Waals surface area (Å²) in [6.07, 6.45) is 3.63. The van der Waals surface area contributed by atoms with Gasteiger partial charge in [-0.3, -0.25) is 4.79 Å². The SMILES string of the molecule is Cc1ccc(CNC(=O)c2cc(-c3c[nH]c4cnc(N)cc34)cc3c2NNC3)o1. The molecule has 8 nitrogen and oxygen atoms in total. The van der Waals surface area contributed by atoms with Gasteiger partial charge in [-0.25, -0.2) is 10.4 Å². The molecule has 6 N–H and O–H groups in total. The predicted octanol–water partition coefficient (Wildman–Crippen LogP) is 3.07. The second kappa shape index (κ2) is 6.68. The fourth-order valence-electron chi connectivity index (χ4n) is 3.67. The summed E-state index contributed by atoms with van der Waals surface area (Å²) in [6.45, 7) is 2.84. The van der Waals surface area contributed by atoms with E-state index in [0.29, 0.717) is 30.2 Å². The van der Waals surface area contributed by atoms with Gasteiger partial charge < -0.3 is 25.9 Å². The lowest BCUT2D eigenvalue weighted by Gasteiger charge is -2.11. The van der Waals surface area contributed by atoms with Gasteiger partial charge in [0.2, 0.25) is 0 Å². The third kappa shape index (κ3) is 3.09. The fourth-order valence-corrected chi connectivity index (χ4v) is 3.67. The zero-order valence-corrected chi connectivity index (χ0v) is 15.8. The highest BCUT2D eigenvalue weighted by Crippen LogP contribution is 2.35. The van der Waals surface area contributed by atoms with Crippen molar-refractivity contribution >= 4 is 28.3 Å². The number of nitrogens with one attached hydrogen (secondary N) is 4. The van der Waals surface area contributed by atoms with Gasteiger partial charge in [-0.2, -0.15) is 0 Å². The third-order valence-corrected chi connectivity index (χ3v) is 5.07. The Kier molecular flexibility index (Phi) is 3.99. The minimum atomic E-state index is -0.172. The number of nitrogen functional groups attached to an aromatic ring is 1. The van der Waals surface area contributed by atoms with Crippen LogP contribution in [0.2, 0.25) is 0 Å². The van der Waals surface area contributed by atoms with Crippen molar-refractivity contribution in [2.45, 2.75) is 20.0 Å². The third-order valence-electron chi connectivity index (χ3n) is 5.07. The molecule has 0 radical (unpaired) electrons. The first-order valence-electron chi connectivity index (χ1n) is 9.31. The van der Waals surface area contributed by atoms with Crippen LogP contribution < -0.4 is 21.9 Å². The van der Waals surface area contributed by atoms with Crippen molar-refractivity contribution in [3.63, 3.8) is 0 Å². The molecule has 3 aromatic heterocycles. The van der Waals surface area contributed by atoms with Gasteiger partial charge in [-0.15, -0.1) is 0 Å². The van der Waals surface area contributed by atoms with Crippen molar-refractivity contribution in [1.82, 2.24) is 20.7 Å². The van der Waals surface area contributed by atoms with Crippen LogP contribution in [0.25, 0.3) is 22.0 Å². The van der Waals surface area contributed by atoms with Crippen molar-refractivity contribution in [3.05, 3.63) is 65.4 Å². The number of furan rings is 1. The molecule has 0 atom stereocenters. The summed E-state index contributed by atoms with van der Waals surface area (Å²) in [5, 5.41) is 3.91. The molecule has 5 rings (SSSR count). The Bertz CT molecular complexity index is 1240. The van der Waals surface area contributed by atoms with Crippen molar-refractivity contribution in [2.24, 2.45) is 0 Å². The number of anilines is 2. The number of hydrogen-bond donors (Lipinski definition) is 5. The fraction of sp³-hybridized carbons (Fsp3) is 0.143. The van der Waals surface area contributed by atoms with E-state index in [9.17, 15) is 4.79 Å². The monoisotopic (exact) mass is 388 g/mol. The number of pyridine rings is 1. The van der Waals surface area contributed by atoms with Gasteiger partial charge in [-0.1, -0.05) is 0 Å². The summed E-state index contributed by atoms with van der Waals surface area (Å²) in [5.74, 6) is 1.81. The van der Waals surface area contributed by atoms with E-state index < -0.39 is 0 Å². The average Bonchev–Trinajstić information content (AvgIpc) is 3.44. The number of fused-ring (bicyclic) bond motifs is 2. The molecule has 1 amide bonds. The van der Waals surface area contributed by atoms with Gasteiger partial charge in [0.05, 0.1) is 29.5 Å². The molecule has 0 bridgehead atoms. The molecule has 8 heteroatoms. The summed E-state index contributed by atoms with van der Waals surface area (Å²) >= 11 is 0. The Balaban J connectivity index is 1.53. The molecule has 0 unspecified atom stereocenters. The number of H-pyrrole nitrogens is 1. The lowest BCUT2D eigenvalue weighted by Crippen LogP contribution is -2.24. The lowest BCUT2D eigenvalue weighted by atomic mass is 9.97. The van der Waals surface area contributed by atoms with Crippen LogP contribution in [0.5, 0.6) is 0 Å². The Morgan fingerprint density at radius 2 is 2.21 bits per heavy atom. The molecule has 29 heavy (non-hydrogen) atoms. The van der Waals surface area contributed by atoms with E-state index in [2.05, 4.69) is 32.2 Å². The van der Waals surface area contributed by atoms with Crippen LogP contribution in [-0.4, -0.2) is 15.9 Å². The van der Waals surface area contributed by atoms with Crippen LogP contribution in [0, 0.1) is 6.92 Å². The molecule has 4 aromatic rings. The lowest BCUT2D eigenvalue weighted by molar-refractivity contribution is 0.0948. The number of aromatic amines is 1. The Morgan fingerprint density at radius 1 is 1.31 bits per heavy atom. The molecule has 1 aliphatic rings. The smallest absolute Gasteiger partial charge is 0.253 e. The van der Waals surface area contributed by atoms with Crippen LogP contribution in [0.4, 0.5) is 11.5 Å². The van der Waals surface area contributed by atoms with E-state index in [1.54, 1.807) is 6.20 Å². The van der Waals surface area contributed by atoms with Crippen molar-refractivity contribution < 1.29 is 9.21 Å². The van der Waals surface area contributed by atoms with E-state index in [-0.39, 0.29) is 5.91 Å². The molecule has 0 spiro atoms. The first-order valence-corrected chi connectivity index (χ1v) is 9.31. The first kappa shape index (κ1) is 17.3. The maximum Gasteiger partial charge on any atom is 0.253 e. The largest absolute Gasteiger partial charge is 0.465 e. The minimum Gasteiger partial charge on any atom is -0.465 e. The quantitative estimate of drug-likeness (QED) is 0.366. The number of aromatic nitrogens is 2. The van der Waals surface area contributed by atoms with Gasteiger partial charge in [0.15, 0.2) is 0 Å². The summed E-state index contributed by atoms with van der Waals surface area (Å²) in [6, 6.07) is 9.54. The second-order valence-corrected chi connectivity index (χ2v) is 7.09. The molecule has 0 saturated carbocycles. The molecule has 1 aliphatic heterocycles. The number of carbonyl (C=O) groups excluding carboxylic acids is 1. The van der Waals surface area contributed by atoms with Gasteiger partial charge in [0, 0.05) is 23.7 Å². The van der Waals surface area contributed by atoms with Gasteiger partial charge in [0.25, 0.3) is 5.91 Å². The number of benzene rings is 1. The molecule has 146 valence electrons. The average molecular weight is 388 g/mol. The topological polar surface area (TPSA) is 121 Å². The van der Waals surface area contributed by atoms with Gasteiger partial charge in [0.1, 0.15) is 17.3 Å². The van der Waals surface area contributed by atoms with Crippen molar-refractivity contribution in [1.29, 1.82) is 0 Å². The molecule has 0 fully saturated rings. The summed E-state index contributed by atoms with van der Waals surface area (Å²) in [7, 11) is 0. The number of aryl methyl sites for hydroxylation is 1. The van der Waals surface area contributed by atoms with Crippen LogP contribution in [-0.2, 0) is 13.1 Å². The number of nitrogens with zero attached hydrogens (tertiary/aromatic N) is 1. The Hall–Kier alpha value is -3.78. The number of hydrogen-bond acceptors (Lipinski definition) is 6. The van der Waals surface area contributed by atoms with Gasteiger partial charge >= 0.3 is 0 Å². The predicted molar refractivity (Wildman–Crippen MR) is 111 cm³/mol. The molecule has 0 aliphatic carbocycles. The highest BCUT2D eigenvalue weighted by molar-refractivity contribution is 6.04. The Labute approximate surface area is 166 Å². The molecule has 1 aromatic carbocycles. The zero-order chi connectivity index (χ0) is 20.0. The first-order chi connectivity index (χ1) is 14.1. The van der Waals surface area contributed by atoms with Crippen molar-refractivity contribution in [3.8, 4) is 11.1 Å². The highest BCUT2D eigenvalue weighted by Gasteiger charge is 2.22. The maximum atomic E-state index is 13.0. The van der Waals surface area contributed by atoms with Crippen LogP contribution in [0.1, 0.15) is 27.4 Å². The summed E-state index contributed by atoms with van der Waals surface area (Å²) < 4.78 is 5.54. The van der Waals surface area contributed by atoms with E-state index in [1.807, 2.05) is 37.4 Å². The number of rotatable bonds is 4. The highest BCUT2D eigenvalue weighted by atomic mass is 16.3. The van der Waals surface area contributed by atoms with Crippen LogP contribution in [0.3, 0.4) is 0 Å². The standard InChI is InChI=1S/C21H20N6O2/c1-11-2-3-14(29-11)8-25-21(28)16-5-12(4-13-7-26-27-20(13)16)17-9-23-18-10-24-19(22)6-15(17)18/h2-6,9-10,23,26-27H,7-8H2,1H3,(H2,22,24)(H,25,28). The molecular weight excluding hydrogens is 368 g/mol. The van der Waals surface area contributed by atoms with Crippen LogP contribution >= 0.6 is 0 Å². The minimum absolute atomic E-state index is 0.172. The van der Waals surface area contributed by atoms with E-state index >= 15 is 0 Å². The summed E-state index contributed by atoms with van der Waals surface area (Å²) in [5.41, 5.74) is 17.3. The number of hydrazine groups is 1. The maximum absolute atomic E-state index is 13.0. The van der Waals surface area contributed by atoms with E-state index in [1.165, 1.54) is 0 Å². The Morgan fingerprint density at radius 3 is 3.03 bits per heavy atom. The normalized spacial score (nSPS) is 12.7. The number of carbonyl (C=O) groups is 1. The van der Waals surface area contributed by atoms with E-state index in [0.717, 1.165) is 39.0 Å². The van der Waals surface area contributed by atoms with Crippen molar-refractivity contribution in [2.75, 3.05) is 11.2 Å². The number of nitrogens with two attached hydrogens (primary N) is 1. The number of amides is 1. The molecular formula is C21H20N6O2. The summed E-state index contributed by atoms with van der Waals surface area (Å²) in [4.78, 5) is 20.3. The molecule has 0 saturated heterocycles. The van der Waals surface area contributed by atoms with Gasteiger partial charge in [-0.05, 0) is 48.4 Å². The van der Waals surface area contributed by atoms with Crippen LogP contribution in [0.15, 0.2) is 47.1 Å². The molecule has 4 heterocycles. The van der Waals surface area contributed by atoms with E-state index in [4.69, 9.17) is 10.2 Å².